The van der Waals surface area contributed by atoms with E-state index in [1.165, 1.54) is 193 Å². The molecule has 1 atom stereocenters. The maximum Gasteiger partial charge on any atom is 0.407 e. The maximum absolute atomic E-state index is 12.4. The first-order valence-electron chi connectivity index (χ1n) is 25.9. The summed E-state index contributed by atoms with van der Waals surface area (Å²) in [5.41, 5.74) is -0.709. The molecule has 0 radical (unpaired) electrons. The average Bonchev–Trinajstić information content (AvgIpc) is 3.22. The molecule has 0 aliphatic rings. The van der Waals surface area contributed by atoms with Gasteiger partial charge in [-0.15, -0.1) is 0 Å². The van der Waals surface area contributed by atoms with Crippen LogP contribution < -0.4 is 5.32 Å². The van der Waals surface area contributed by atoms with Gasteiger partial charge in [0.05, 0.1) is 37.1 Å². The monoisotopic (exact) mass is 840 g/mol. The van der Waals surface area contributed by atoms with E-state index in [9.17, 15) is 4.79 Å². The second-order valence-electron chi connectivity index (χ2n) is 19.1. The van der Waals surface area contributed by atoms with Crippen LogP contribution in [0.3, 0.4) is 0 Å². The lowest BCUT2D eigenvalue weighted by atomic mass is 10.0. The quantitative estimate of drug-likeness (QED) is 0.0615. The van der Waals surface area contributed by atoms with Gasteiger partial charge in [-0.25, -0.2) is 4.79 Å². The van der Waals surface area contributed by atoms with Crippen molar-refractivity contribution >= 4 is 6.09 Å². The van der Waals surface area contributed by atoms with Crippen LogP contribution >= 0.6 is 0 Å². The van der Waals surface area contributed by atoms with E-state index < -0.39 is 0 Å². The fourth-order valence-electron chi connectivity index (χ4n) is 7.57. The molecule has 0 aliphatic heterocycles. The van der Waals surface area contributed by atoms with Crippen molar-refractivity contribution in [1.82, 2.24) is 5.32 Å². The normalized spacial score (nSPS) is 12.7. The van der Waals surface area contributed by atoms with Crippen LogP contribution in [0.1, 0.15) is 266 Å². The van der Waals surface area contributed by atoms with Crippen molar-refractivity contribution in [3.05, 3.63) is 0 Å². The molecule has 1 unspecified atom stereocenters. The van der Waals surface area contributed by atoms with Crippen LogP contribution in [-0.2, 0) is 23.7 Å². The van der Waals surface area contributed by atoms with Crippen LogP contribution in [0.5, 0.6) is 0 Å². The first-order valence-corrected chi connectivity index (χ1v) is 25.9. The van der Waals surface area contributed by atoms with Crippen LogP contribution in [-0.4, -0.2) is 70.1 Å². The van der Waals surface area contributed by atoms with E-state index in [-0.39, 0.29) is 23.4 Å². The molecule has 0 bridgehead atoms. The molecule has 0 aliphatic carbocycles. The van der Waals surface area contributed by atoms with Crippen molar-refractivity contribution in [2.24, 2.45) is 0 Å². The Morgan fingerprint density at radius 3 is 1.29 bits per heavy atom. The van der Waals surface area contributed by atoms with E-state index >= 15 is 0 Å². The molecule has 0 aromatic carbocycles. The van der Waals surface area contributed by atoms with Crippen molar-refractivity contribution in [2.45, 2.75) is 284 Å². The summed E-state index contributed by atoms with van der Waals surface area (Å²) in [5, 5.41) is 2.88. The standard InChI is InChI=1S/C52H105NO6/c1-8-10-12-14-16-18-20-22-24-26-28-30-32-34-36-38-44-56-47-49(41-40-46-58-50(54)53-43-42-51(3,4)59-48-52(5,6)55-7)57-45-39-37-35-33-31-29-27-25-23-21-19-17-15-13-11-9-2/h49H,8-48H2,1-7H3,(H,53,54). The molecule has 7 nitrogen and oxygen atoms in total. The summed E-state index contributed by atoms with van der Waals surface area (Å²) >= 11 is 0. The number of ether oxygens (including phenoxy) is 5. The van der Waals surface area contributed by atoms with Crippen molar-refractivity contribution < 1.29 is 28.5 Å². The Labute approximate surface area is 369 Å². The number of alkyl carbamates (subject to hydrolysis) is 1. The molecular weight excluding hydrogens is 735 g/mol. The molecule has 59 heavy (non-hydrogen) atoms. The molecule has 0 rings (SSSR count). The Balaban J connectivity index is 4.20. The van der Waals surface area contributed by atoms with Gasteiger partial charge in [-0.3, -0.25) is 0 Å². The summed E-state index contributed by atoms with van der Waals surface area (Å²) < 4.78 is 29.5. The predicted octanol–water partition coefficient (Wildman–Crippen LogP) is 16.0. The number of amides is 1. The van der Waals surface area contributed by atoms with E-state index in [4.69, 9.17) is 23.7 Å². The molecule has 0 fully saturated rings. The summed E-state index contributed by atoms with van der Waals surface area (Å²) in [5.74, 6) is 0. The number of unbranched alkanes of at least 4 members (excludes halogenated alkanes) is 30. The number of carbonyl (C=O) groups excluding carboxylic acids is 1. The highest BCUT2D eigenvalue weighted by Crippen LogP contribution is 2.19. The minimum absolute atomic E-state index is 0.0494. The Morgan fingerprint density at radius 1 is 0.492 bits per heavy atom. The highest BCUT2D eigenvalue weighted by atomic mass is 16.6. The number of nitrogens with one attached hydrogen (secondary N) is 1. The second-order valence-corrected chi connectivity index (χ2v) is 19.1. The molecule has 0 aromatic heterocycles. The van der Waals surface area contributed by atoms with Crippen LogP contribution in [0.4, 0.5) is 4.79 Å². The molecule has 0 heterocycles. The highest BCUT2D eigenvalue weighted by molar-refractivity contribution is 5.67. The summed E-state index contributed by atoms with van der Waals surface area (Å²) in [6.45, 7) is 16.3. The largest absolute Gasteiger partial charge is 0.450 e. The lowest BCUT2D eigenvalue weighted by Gasteiger charge is -2.31. The van der Waals surface area contributed by atoms with Gasteiger partial charge in [0.15, 0.2) is 0 Å². The molecule has 0 saturated heterocycles. The SMILES string of the molecule is CCCCCCCCCCCCCCCCCCOCC(CCCOC(=O)NCCC(C)(C)OCC(C)(C)OC)OCCCCCCCCCCCCCCCCCC. The topological polar surface area (TPSA) is 75.3 Å². The Morgan fingerprint density at radius 2 is 0.881 bits per heavy atom. The minimum Gasteiger partial charge on any atom is -0.450 e. The summed E-state index contributed by atoms with van der Waals surface area (Å²) in [4.78, 5) is 12.4. The zero-order valence-corrected chi connectivity index (χ0v) is 41.0. The summed E-state index contributed by atoms with van der Waals surface area (Å²) in [6.07, 6.45) is 46.0. The molecule has 1 N–H and O–H groups in total. The van der Waals surface area contributed by atoms with E-state index in [1.54, 1.807) is 7.11 Å². The summed E-state index contributed by atoms with van der Waals surface area (Å²) in [6, 6.07) is 0. The zero-order chi connectivity index (χ0) is 43.4. The van der Waals surface area contributed by atoms with Gasteiger partial charge in [-0.05, 0) is 59.8 Å². The van der Waals surface area contributed by atoms with Gasteiger partial charge < -0.3 is 29.0 Å². The Kier molecular flexibility index (Phi) is 43.1. The number of carbonyl (C=O) groups is 1. The fraction of sp³-hybridized carbons (Fsp3) is 0.981. The fourth-order valence-corrected chi connectivity index (χ4v) is 7.57. The van der Waals surface area contributed by atoms with Crippen molar-refractivity contribution in [3.8, 4) is 0 Å². The first-order chi connectivity index (χ1) is 28.7. The van der Waals surface area contributed by atoms with Gasteiger partial charge in [0.25, 0.3) is 0 Å². The number of hydrogen-bond acceptors (Lipinski definition) is 6. The van der Waals surface area contributed by atoms with Crippen LogP contribution in [0.2, 0.25) is 0 Å². The number of hydrogen-bond donors (Lipinski definition) is 1. The summed E-state index contributed by atoms with van der Waals surface area (Å²) in [7, 11) is 1.69. The third-order valence-corrected chi connectivity index (χ3v) is 12.1. The van der Waals surface area contributed by atoms with Crippen LogP contribution in [0, 0.1) is 0 Å². The van der Waals surface area contributed by atoms with E-state index in [0.29, 0.717) is 32.8 Å². The number of rotatable bonds is 48. The highest BCUT2D eigenvalue weighted by Gasteiger charge is 2.24. The molecular formula is C52H105NO6. The second kappa shape index (κ2) is 43.7. The zero-order valence-electron chi connectivity index (χ0n) is 41.0. The van der Waals surface area contributed by atoms with Crippen molar-refractivity contribution in [2.75, 3.05) is 46.7 Å². The predicted molar refractivity (Wildman–Crippen MR) is 254 cm³/mol. The molecule has 0 saturated carbocycles. The number of methoxy groups -OCH3 is 1. The van der Waals surface area contributed by atoms with Gasteiger partial charge in [-0.1, -0.05) is 206 Å². The molecule has 1 amide bonds. The molecule has 354 valence electrons. The van der Waals surface area contributed by atoms with Gasteiger partial charge in [0.2, 0.25) is 0 Å². The van der Waals surface area contributed by atoms with E-state index in [2.05, 4.69) is 19.2 Å². The van der Waals surface area contributed by atoms with Gasteiger partial charge in [0, 0.05) is 26.9 Å². The molecule has 0 spiro atoms. The van der Waals surface area contributed by atoms with Crippen LogP contribution in [0.25, 0.3) is 0 Å². The maximum atomic E-state index is 12.4. The minimum atomic E-state index is -0.372. The lowest BCUT2D eigenvalue weighted by Crippen LogP contribution is -2.38. The Hall–Kier alpha value is -0.890. The van der Waals surface area contributed by atoms with Gasteiger partial charge in [-0.2, -0.15) is 0 Å². The van der Waals surface area contributed by atoms with Crippen molar-refractivity contribution in [3.63, 3.8) is 0 Å². The molecule has 0 aromatic rings. The third kappa shape index (κ3) is 45.0. The molecule has 7 heteroatoms. The van der Waals surface area contributed by atoms with E-state index in [1.807, 2.05) is 27.7 Å². The lowest BCUT2D eigenvalue weighted by molar-refractivity contribution is -0.108. The smallest absolute Gasteiger partial charge is 0.407 e. The average molecular weight is 840 g/mol. The van der Waals surface area contributed by atoms with Gasteiger partial charge >= 0.3 is 6.09 Å². The Bertz CT molecular complexity index is 851. The van der Waals surface area contributed by atoms with E-state index in [0.717, 1.165) is 38.9 Å². The van der Waals surface area contributed by atoms with Crippen molar-refractivity contribution in [1.29, 1.82) is 0 Å². The third-order valence-electron chi connectivity index (χ3n) is 12.1. The van der Waals surface area contributed by atoms with Crippen LogP contribution in [0.15, 0.2) is 0 Å². The first kappa shape index (κ1) is 58.1. The van der Waals surface area contributed by atoms with Gasteiger partial charge in [0.1, 0.15) is 0 Å².